The van der Waals surface area contributed by atoms with Gasteiger partial charge in [-0.15, -0.1) is 0 Å². The van der Waals surface area contributed by atoms with E-state index in [-0.39, 0.29) is 12.0 Å². The van der Waals surface area contributed by atoms with Crippen molar-refractivity contribution in [2.45, 2.75) is 51.0 Å². The molecule has 5 heteroatoms. The first-order valence-electron chi connectivity index (χ1n) is 7.89. The van der Waals surface area contributed by atoms with E-state index in [4.69, 9.17) is 15.0 Å². The number of nitrogens with zero attached hydrogens (tertiary/aromatic N) is 2. The van der Waals surface area contributed by atoms with Crippen LogP contribution in [0.2, 0.25) is 0 Å². The van der Waals surface area contributed by atoms with Gasteiger partial charge in [0, 0.05) is 12.5 Å². The molecule has 0 saturated heterocycles. The summed E-state index contributed by atoms with van der Waals surface area (Å²) < 4.78 is 10.8. The van der Waals surface area contributed by atoms with Gasteiger partial charge in [0.15, 0.2) is 5.82 Å². The minimum Gasteiger partial charge on any atom is -0.496 e. The number of ether oxygens (including phenoxy) is 1. The average Bonchev–Trinajstić information content (AvgIpc) is 2.98. The van der Waals surface area contributed by atoms with E-state index in [1.165, 1.54) is 12.8 Å². The molecule has 3 rings (SSSR count). The van der Waals surface area contributed by atoms with Gasteiger partial charge >= 0.3 is 0 Å². The monoisotopic (exact) mass is 301 g/mol. The van der Waals surface area contributed by atoms with E-state index < -0.39 is 0 Å². The molecule has 5 nitrogen and oxygen atoms in total. The molecule has 1 aliphatic carbocycles. The maximum absolute atomic E-state index is 6.18. The van der Waals surface area contributed by atoms with Crippen molar-refractivity contribution < 1.29 is 9.26 Å². The molecule has 0 unspecified atom stereocenters. The number of rotatable bonds is 4. The van der Waals surface area contributed by atoms with Crippen molar-refractivity contribution in [3.8, 4) is 5.75 Å². The third-order valence-corrected chi connectivity index (χ3v) is 4.46. The van der Waals surface area contributed by atoms with Gasteiger partial charge in [0.05, 0.1) is 13.0 Å². The smallest absolute Gasteiger partial charge is 0.231 e. The Bertz CT molecular complexity index is 639. The Balaban J connectivity index is 1.74. The van der Waals surface area contributed by atoms with Crippen LogP contribution in [-0.2, 0) is 6.42 Å². The van der Waals surface area contributed by atoms with Gasteiger partial charge in [-0.1, -0.05) is 30.1 Å². The Morgan fingerprint density at radius 1 is 1.32 bits per heavy atom. The lowest BCUT2D eigenvalue weighted by Crippen LogP contribution is -2.31. The summed E-state index contributed by atoms with van der Waals surface area (Å²) >= 11 is 0. The summed E-state index contributed by atoms with van der Waals surface area (Å²) in [6, 6.07) is 6.28. The van der Waals surface area contributed by atoms with E-state index in [1.54, 1.807) is 7.11 Å². The molecule has 1 heterocycles. The molecule has 2 aromatic rings. The molecule has 1 aromatic heterocycles. The third-order valence-electron chi connectivity index (χ3n) is 4.46. The molecule has 0 amide bonds. The summed E-state index contributed by atoms with van der Waals surface area (Å²) in [5.41, 5.74) is 8.42. The molecule has 2 atom stereocenters. The van der Waals surface area contributed by atoms with E-state index >= 15 is 0 Å². The lowest BCUT2D eigenvalue weighted by atomic mass is 9.85. The first kappa shape index (κ1) is 15.0. The molecule has 22 heavy (non-hydrogen) atoms. The second-order valence-electron chi connectivity index (χ2n) is 6.08. The fraction of sp³-hybridized carbons (Fsp3) is 0.529. The highest BCUT2D eigenvalue weighted by atomic mass is 16.5. The van der Waals surface area contributed by atoms with E-state index in [0.717, 1.165) is 29.7 Å². The largest absolute Gasteiger partial charge is 0.496 e. The standard InChI is InChI=1S/C17H23N3O2/c1-11-7-8-12(9-15(11)21-2)10-16-19-17(22-20-16)13-5-3-4-6-14(13)18/h7-9,13-14H,3-6,10,18H2,1-2H3/t13-,14+/m1/s1. The number of nitrogens with two attached hydrogens (primary N) is 1. The van der Waals surface area contributed by atoms with Gasteiger partial charge in [-0.2, -0.15) is 4.98 Å². The Morgan fingerprint density at radius 3 is 2.91 bits per heavy atom. The number of aromatic nitrogens is 2. The summed E-state index contributed by atoms with van der Waals surface area (Å²) in [4.78, 5) is 4.56. The summed E-state index contributed by atoms with van der Waals surface area (Å²) in [5, 5.41) is 4.12. The van der Waals surface area contributed by atoms with Crippen LogP contribution in [0.25, 0.3) is 0 Å². The summed E-state index contributed by atoms with van der Waals surface area (Å²) in [5.74, 6) is 2.50. The van der Waals surface area contributed by atoms with Gasteiger partial charge in [0.2, 0.25) is 5.89 Å². The van der Waals surface area contributed by atoms with Crippen molar-refractivity contribution >= 4 is 0 Å². The molecule has 1 aromatic carbocycles. The van der Waals surface area contributed by atoms with Crippen molar-refractivity contribution in [3.63, 3.8) is 0 Å². The fourth-order valence-corrected chi connectivity index (χ4v) is 3.11. The molecule has 0 aliphatic heterocycles. The van der Waals surface area contributed by atoms with Gasteiger partial charge in [0.25, 0.3) is 0 Å². The Kier molecular flexibility index (Phi) is 4.43. The summed E-state index contributed by atoms with van der Waals surface area (Å²) in [6.07, 6.45) is 5.11. The Hall–Kier alpha value is -1.88. The van der Waals surface area contributed by atoms with Gasteiger partial charge < -0.3 is 15.0 Å². The summed E-state index contributed by atoms with van der Waals surface area (Å²) in [7, 11) is 1.68. The molecular weight excluding hydrogens is 278 g/mol. The van der Waals surface area contributed by atoms with Crippen LogP contribution in [0.4, 0.5) is 0 Å². The molecule has 1 fully saturated rings. The molecule has 0 bridgehead atoms. The van der Waals surface area contributed by atoms with Crippen molar-refractivity contribution in [2.75, 3.05) is 7.11 Å². The van der Waals surface area contributed by atoms with Crippen LogP contribution in [0.5, 0.6) is 5.75 Å². The SMILES string of the molecule is COc1cc(Cc2noc([C@@H]3CCCC[C@@H]3N)n2)ccc1C. The molecule has 1 saturated carbocycles. The Labute approximate surface area is 130 Å². The highest BCUT2D eigenvalue weighted by Crippen LogP contribution is 2.31. The minimum absolute atomic E-state index is 0.140. The van der Waals surface area contributed by atoms with E-state index in [9.17, 15) is 0 Å². The zero-order valence-electron chi connectivity index (χ0n) is 13.2. The molecular formula is C17H23N3O2. The van der Waals surface area contributed by atoms with Crippen LogP contribution < -0.4 is 10.5 Å². The van der Waals surface area contributed by atoms with Gasteiger partial charge in [0.1, 0.15) is 5.75 Å². The van der Waals surface area contributed by atoms with Gasteiger partial charge in [-0.3, -0.25) is 0 Å². The van der Waals surface area contributed by atoms with Crippen LogP contribution in [0.15, 0.2) is 22.7 Å². The average molecular weight is 301 g/mol. The van der Waals surface area contributed by atoms with Crippen LogP contribution in [0, 0.1) is 6.92 Å². The zero-order chi connectivity index (χ0) is 15.5. The highest BCUT2D eigenvalue weighted by molar-refractivity contribution is 5.37. The first-order valence-corrected chi connectivity index (χ1v) is 7.89. The molecule has 0 spiro atoms. The number of benzene rings is 1. The van der Waals surface area contributed by atoms with E-state index in [0.29, 0.717) is 18.1 Å². The van der Waals surface area contributed by atoms with E-state index in [1.807, 2.05) is 19.1 Å². The maximum atomic E-state index is 6.18. The predicted molar refractivity (Wildman–Crippen MR) is 84.0 cm³/mol. The van der Waals surface area contributed by atoms with Crippen molar-refractivity contribution in [1.82, 2.24) is 10.1 Å². The second kappa shape index (κ2) is 6.48. The maximum Gasteiger partial charge on any atom is 0.231 e. The van der Waals surface area contributed by atoms with Crippen LogP contribution >= 0.6 is 0 Å². The third kappa shape index (κ3) is 3.14. The molecule has 118 valence electrons. The number of hydrogen-bond donors (Lipinski definition) is 1. The normalized spacial score (nSPS) is 21.8. The number of hydrogen-bond acceptors (Lipinski definition) is 5. The van der Waals surface area contributed by atoms with E-state index in [2.05, 4.69) is 16.2 Å². The van der Waals surface area contributed by atoms with Crippen molar-refractivity contribution in [1.29, 1.82) is 0 Å². The minimum atomic E-state index is 0.140. The Morgan fingerprint density at radius 2 is 2.14 bits per heavy atom. The van der Waals surface area contributed by atoms with Crippen LogP contribution in [0.3, 0.4) is 0 Å². The van der Waals surface area contributed by atoms with Crippen molar-refractivity contribution in [2.24, 2.45) is 5.73 Å². The van der Waals surface area contributed by atoms with Crippen LogP contribution in [0.1, 0.15) is 54.4 Å². The lowest BCUT2D eigenvalue weighted by molar-refractivity contribution is 0.289. The molecule has 0 radical (unpaired) electrons. The second-order valence-corrected chi connectivity index (χ2v) is 6.08. The number of methoxy groups -OCH3 is 1. The molecule has 1 aliphatic rings. The molecule has 2 N–H and O–H groups in total. The zero-order valence-corrected chi connectivity index (χ0v) is 13.2. The lowest BCUT2D eigenvalue weighted by Gasteiger charge is -2.25. The van der Waals surface area contributed by atoms with Crippen molar-refractivity contribution in [3.05, 3.63) is 41.0 Å². The van der Waals surface area contributed by atoms with Gasteiger partial charge in [-0.25, -0.2) is 0 Å². The first-order chi connectivity index (χ1) is 10.7. The van der Waals surface area contributed by atoms with Crippen LogP contribution in [-0.4, -0.2) is 23.3 Å². The quantitative estimate of drug-likeness (QED) is 0.939. The number of aryl methyl sites for hydroxylation is 1. The highest BCUT2D eigenvalue weighted by Gasteiger charge is 2.28. The summed E-state index contributed by atoms with van der Waals surface area (Å²) in [6.45, 7) is 2.03. The van der Waals surface area contributed by atoms with Gasteiger partial charge in [-0.05, 0) is 37.0 Å². The predicted octanol–water partition coefficient (Wildman–Crippen LogP) is 2.96. The fourth-order valence-electron chi connectivity index (χ4n) is 3.11. The topological polar surface area (TPSA) is 74.2 Å².